The fraction of sp³-hybridized carbons (Fsp3) is 0.440. The highest BCUT2D eigenvalue weighted by Crippen LogP contribution is 2.33. The molecule has 30 heavy (non-hydrogen) atoms. The van der Waals surface area contributed by atoms with E-state index >= 15 is 0 Å². The lowest BCUT2D eigenvalue weighted by atomic mass is 9.85. The predicted molar refractivity (Wildman–Crippen MR) is 120 cm³/mol. The topological polar surface area (TPSA) is 52.0 Å². The van der Waals surface area contributed by atoms with Gasteiger partial charge in [0.25, 0.3) is 0 Å². The zero-order valence-corrected chi connectivity index (χ0v) is 18.4. The van der Waals surface area contributed by atoms with Crippen LogP contribution in [-0.4, -0.2) is 24.1 Å². The van der Waals surface area contributed by atoms with Crippen molar-refractivity contribution in [2.45, 2.75) is 46.6 Å². The molecular formula is C25H31FN4. The number of anilines is 1. The van der Waals surface area contributed by atoms with Crippen LogP contribution < -0.4 is 10.2 Å². The van der Waals surface area contributed by atoms with Gasteiger partial charge in [-0.15, -0.1) is 0 Å². The number of aryl methyl sites for hydroxylation is 3. The van der Waals surface area contributed by atoms with E-state index in [1.807, 2.05) is 39.0 Å². The number of hydrogen-bond donors (Lipinski definition) is 1. The van der Waals surface area contributed by atoms with Gasteiger partial charge in [-0.05, 0) is 74.6 Å². The second-order valence-electron chi connectivity index (χ2n) is 8.34. The Morgan fingerprint density at radius 3 is 2.73 bits per heavy atom. The molecule has 1 aromatic carbocycles. The van der Waals surface area contributed by atoms with Crippen molar-refractivity contribution >= 4 is 5.82 Å². The summed E-state index contributed by atoms with van der Waals surface area (Å²) < 4.78 is 14.7. The first-order valence-electron chi connectivity index (χ1n) is 10.6. The minimum atomic E-state index is -0.112. The van der Waals surface area contributed by atoms with Crippen LogP contribution in [0, 0.1) is 42.8 Å². The van der Waals surface area contributed by atoms with Gasteiger partial charge in [-0.1, -0.05) is 25.6 Å². The van der Waals surface area contributed by atoms with Crippen LogP contribution in [0.3, 0.4) is 0 Å². The molecule has 3 rings (SSSR count). The van der Waals surface area contributed by atoms with Gasteiger partial charge in [-0.25, -0.2) is 9.37 Å². The highest BCUT2D eigenvalue weighted by atomic mass is 19.1. The van der Waals surface area contributed by atoms with E-state index in [9.17, 15) is 9.65 Å². The molecule has 1 fully saturated rings. The molecule has 3 atom stereocenters. The number of pyridine rings is 1. The minimum Gasteiger partial charge on any atom is -0.389 e. The molecule has 1 N–H and O–H groups in total. The highest BCUT2D eigenvalue weighted by molar-refractivity contribution is 5.51. The van der Waals surface area contributed by atoms with Gasteiger partial charge < -0.3 is 10.2 Å². The molecule has 1 aliphatic rings. The van der Waals surface area contributed by atoms with Gasteiger partial charge in [0, 0.05) is 25.0 Å². The molecule has 1 aliphatic heterocycles. The van der Waals surface area contributed by atoms with Crippen molar-refractivity contribution < 1.29 is 4.39 Å². The van der Waals surface area contributed by atoms with Crippen molar-refractivity contribution in [2.75, 3.05) is 18.0 Å². The third-order valence-corrected chi connectivity index (χ3v) is 6.34. The van der Waals surface area contributed by atoms with Gasteiger partial charge in [0.2, 0.25) is 0 Å². The number of nitrogens with one attached hydrogen (secondary N) is 1. The van der Waals surface area contributed by atoms with E-state index in [4.69, 9.17) is 4.98 Å². The molecule has 0 saturated carbocycles. The maximum atomic E-state index is 14.7. The number of nitrogens with zero attached hydrogens (tertiary/aromatic N) is 3. The largest absolute Gasteiger partial charge is 0.389 e. The highest BCUT2D eigenvalue weighted by Gasteiger charge is 2.37. The van der Waals surface area contributed by atoms with E-state index in [0.29, 0.717) is 17.9 Å². The summed E-state index contributed by atoms with van der Waals surface area (Å²) in [5.41, 5.74) is 4.14. The van der Waals surface area contributed by atoms with Crippen LogP contribution in [-0.2, 0) is 12.8 Å². The first-order valence-corrected chi connectivity index (χ1v) is 10.6. The first kappa shape index (κ1) is 21.8. The van der Waals surface area contributed by atoms with Crippen LogP contribution >= 0.6 is 0 Å². The summed E-state index contributed by atoms with van der Waals surface area (Å²) in [6.07, 6.45) is 3.25. The number of aromatic nitrogens is 1. The zero-order chi connectivity index (χ0) is 21.8. The molecule has 0 radical (unpaired) electrons. The Bertz CT molecular complexity index is 939. The van der Waals surface area contributed by atoms with Crippen LogP contribution in [0.25, 0.3) is 0 Å². The molecule has 3 unspecified atom stereocenters. The Labute approximate surface area is 179 Å². The van der Waals surface area contributed by atoms with Crippen molar-refractivity contribution in [1.29, 1.82) is 5.26 Å². The van der Waals surface area contributed by atoms with E-state index in [1.54, 1.807) is 12.3 Å². The molecule has 1 saturated heterocycles. The summed E-state index contributed by atoms with van der Waals surface area (Å²) in [6.45, 7) is 13.5. The average molecular weight is 407 g/mol. The van der Waals surface area contributed by atoms with Crippen molar-refractivity contribution in [3.05, 3.63) is 70.8 Å². The van der Waals surface area contributed by atoms with Gasteiger partial charge >= 0.3 is 0 Å². The van der Waals surface area contributed by atoms with Gasteiger partial charge in [-0.3, -0.25) is 0 Å². The number of halogens is 1. The van der Waals surface area contributed by atoms with Crippen molar-refractivity contribution in [3.8, 4) is 6.07 Å². The Morgan fingerprint density at radius 1 is 1.37 bits per heavy atom. The molecule has 2 aromatic rings. The first-order chi connectivity index (χ1) is 14.4. The zero-order valence-electron chi connectivity index (χ0n) is 18.4. The quantitative estimate of drug-likeness (QED) is 0.725. The van der Waals surface area contributed by atoms with Gasteiger partial charge in [0.1, 0.15) is 17.7 Å². The van der Waals surface area contributed by atoms with Crippen LogP contribution in [0.15, 0.2) is 37.0 Å². The van der Waals surface area contributed by atoms with Crippen LogP contribution in [0.5, 0.6) is 0 Å². The smallest absolute Gasteiger partial charge is 0.129 e. The summed E-state index contributed by atoms with van der Waals surface area (Å²) in [7, 11) is 0. The minimum absolute atomic E-state index is 0.112. The Kier molecular flexibility index (Phi) is 6.77. The molecule has 1 aromatic heterocycles. The molecule has 158 valence electrons. The molecule has 0 spiro atoms. The summed E-state index contributed by atoms with van der Waals surface area (Å²) in [5.74, 6) is 1.39. The van der Waals surface area contributed by atoms with E-state index < -0.39 is 0 Å². The maximum absolute atomic E-state index is 14.7. The van der Waals surface area contributed by atoms with Crippen LogP contribution in [0.1, 0.15) is 41.8 Å². The molecular weight excluding hydrogens is 375 g/mol. The van der Waals surface area contributed by atoms with Gasteiger partial charge in [-0.2, -0.15) is 5.26 Å². The fourth-order valence-corrected chi connectivity index (χ4v) is 4.58. The van der Waals surface area contributed by atoms with E-state index in [1.165, 1.54) is 0 Å². The molecule has 0 bridgehead atoms. The van der Waals surface area contributed by atoms with E-state index in [-0.39, 0.29) is 17.8 Å². The summed E-state index contributed by atoms with van der Waals surface area (Å²) >= 11 is 0. The lowest BCUT2D eigenvalue weighted by molar-refractivity contribution is 0.335. The molecule has 0 amide bonds. The predicted octanol–water partition coefficient (Wildman–Crippen LogP) is 4.69. The van der Waals surface area contributed by atoms with Crippen molar-refractivity contribution in [1.82, 2.24) is 10.3 Å². The SMILES string of the molecule is C=CNC(C)C1CN(c2cc(C)c(C#N)c(C)n2)CC1Cc1ccc(CC)cc1F. The normalized spacial score (nSPS) is 19.4. The van der Waals surface area contributed by atoms with Crippen LogP contribution in [0.2, 0.25) is 0 Å². The lowest BCUT2D eigenvalue weighted by Crippen LogP contribution is -2.35. The van der Waals surface area contributed by atoms with E-state index in [2.05, 4.69) is 29.8 Å². The lowest BCUT2D eigenvalue weighted by Gasteiger charge is -2.25. The Hall–Kier alpha value is -2.87. The number of nitriles is 1. The van der Waals surface area contributed by atoms with Gasteiger partial charge in [0.05, 0.1) is 11.3 Å². The van der Waals surface area contributed by atoms with Crippen molar-refractivity contribution in [2.24, 2.45) is 11.8 Å². The van der Waals surface area contributed by atoms with Crippen LogP contribution in [0.4, 0.5) is 10.2 Å². The monoisotopic (exact) mass is 406 g/mol. The summed E-state index contributed by atoms with van der Waals surface area (Å²) in [6, 6.07) is 10.1. The van der Waals surface area contributed by atoms with Crippen molar-refractivity contribution in [3.63, 3.8) is 0 Å². The second kappa shape index (κ2) is 9.30. The third-order valence-electron chi connectivity index (χ3n) is 6.34. The average Bonchev–Trinajstić information content (AvgIpc) is 3.13. The molecule has 2 heterocycles. The van der Waals surface area contributed by atoms with E-state index in [0.717, 1.165) is 47.7 Å². The molecule has 0 aliphatic carbocycles. The standard InChI is InChI=1S/C25H31FN4/c1-6-19-8-9-20(24(26)11-19)12-21-14-30(15-23(21)17(4)28-7-2)25-10-16(3)22(13-27)18(5)29-25/h7-11,17,21,23,28H,2,6,12,14-15H2,1,3-5H3. The summed E-state index contributed by atoms with van der Waals surface area (Å²) in [5, 5.41) is 12.7. The fourth-order valence-electron chi connectivity index (χ4n) is 4.58. The number of rotatable bonds is 7. The Balaban J connectivity index is 1.88. The molecule has 4 nitrogen and oxygen atoms in total. The second-order valence-corrected chi connectivity index (χ2v) is 8.34. The summed E-state index contributed by atoms with van der Waals surface area (Å²) in [4.78, 5) is 6.97. The number of hydrogen-bond acceptors (Lipinski definition) is 4. The Morgan fingerprint density at radius 2 is 2.13 bits per heavy atom. The third kappa shape index (κ3) is 4.48. The van der Waals surface area contributed by atoms with Gasteiger partial charge in [0.15, 0.2) is 0 Å². The number of benzene rings is 1. The maximum Gasteiger partial charge on any atom is 0.129 e. The molecule has 5 heteroatoms.